The lowest BCUT2D eigenvalue weighted by atomic mass is 9.65. The fraction of sp³-hybridized carbons (Fsp3) is 0.429. The SMILES string of the molecule is Cc1cc(-n2nc(C(=O)N3CC4(C)CC3CC(C)(C)C4)c(=O)[nH]c2=O)cc(C)c1Oc1ccc(O)c(Br)c1. The number of likely N-dealkylation sites (tertiary alicyclic amines) is 1. The number of nitrogens with one attached hydrogen (secondary N) is 1. The van der Waals surface area contributed by atoms with Gasteiger partial charge in [0.05, 0.1) is 10.2 Å². The van der Waals surface area contributed by atoms with Gasteiger partial charge < -0.3 is 14.7 Å². The first-order valence-electron chi connectivity index (χ1n) is 12.6. The van der Waals surface area contributed by atoms with Crippen LogP contribution in [0.1, 0.15) is 61.6 Å². The van der Waals surface area contributed by atoms with E-state index in [0.29, 0.717) is 28.2 Å². The molecule has 2 aromatic carbocycles. The monoisotopic (exact) mass is 582 g/mol. The van der Waals surface area contributed by atoms with Gasteiger partial charge in [-0.2, -0.15) is 9.78 Å². The molecule has 2 unspecified atom stereocenters. The molecule has 1 saturated heterocycles. The number of benzene rings is 2. The second-order valence-electron chi connectivity index (χ2n) is 11.8. The number of fused-ring (bicyclic) bond motifs is 2. The number of hydrogen-bond acceptors (Lipinski definition) is 6. The van der Waals surface area contributed by atoms with Crippen LogP contribution in [0, 0.1) is 24.7 Å². The average Bonchev–Trinajstić information content (AvgIpc) is 3.06. The number of aromatic hydroxyl groups is 1. The third kappa shape index (κ3) is 4.77. The van der Waals surface area contributed by atoms with E-state index in [9.17, 15) is 19.5 Å². The number of hydrogen-bond donors (Lipinski definition) is 2. The van der Waals surface area contributed by atoms with Crippen LogP contribution in [0.15, 0.2) is 44.4 Å². The predicted octanol–water partition coefficient (Wildman–Crippen LogP) is 4.84. The van der Waals surface area contributed by atoms with E-state index in [1.54, 1.807) is 29.2 Å². The normalized spacial score (nSPS) is 21.9. The largest absolute Gasteiger partial charge is 0.507 e. The Bertz CT molecular complexity index is 1550. The molecule has 2 fully saturated rings. The van der Waals surface area contributed by atoms with E-state index < -0.39 is 17.2 Å². The summed E-state index contributed by atoms with van der Waals surface area (Å²) in [7, 11) is 0. The first-order chi connectivity index (χ1) is 17.7. The van der Waals surface area contributed by atoms with Crippen LogP contribution in [-0.4, -0.2) is 43.3 Å². The van der Waals surface area contributed by atoms with Crippen molar-refractivity contribution in [2.75, 3.05) is 6.54 Å². The quantitative estimate of drug-likeness (QED) is 0.454. The Morgan fingerprint density at radius 3 is 2.47 bits per heavy atom. The number of carbonyl (C=O) groups excluding carboxylic acids is 1. The molecule has 5 rings (SSSR count). The summed E-state index contributed by atoms with van der Waals surface area (Å²) in [6.07, 6.45) is 2.78. The van der Waals surface area contributed by atoms with Crippen molar-refractivity contribution < 1.29 is 14.6 Å². The summed E-state index contributed by atoms with van der Waals surface area (Å²) in [5, 5.41) is 14.0. The number of ether oxygens (including phenoxy) is 1. The Labute approximate surface area is 228 Å². The van der Waals surface area contributed by atoms with Gasteiger partial charge in [0.2, 0.25) is 5.69 Å². The Kier molecular flexibility index (Phi) is 6.29. The van der Waals surface area contributed by atoms with Gasteiger partial charge in [0.25, 0.3) is 11.5 Å². The minimum atomic E-state index is -0.784. The van der Waals surface area contributed by atoms with Crippen molar-refractivity contribution >= 4 is 21.8 Å². The van der Waals surface area contributed by atoms with Gasteiger partial charge in [0.15, 0.2) is 0 Å². The maximum absolute atomic E-state index is 13.6. The molecule has 38 heavy (non-hydrogen) atoms. The van der Waals surface area contributed by atoms with Crippen LogP contribution in [0.25, 0.3) is 5.69 Å². The zero-order chi connectivity index (χ0) is 27.6. The molecule has 1 aliphatic heterocycles. The van der Waals surface area contributed by atoms with Gasteiger partial charge in [-0.15, -0.1) is 0 Å². The number of aromatic nitrogens is 3. The first kappa shape index (κ1) is 26.2. The zero-order valence-electron chi connectivity index (χ0n) is 22.1. The van der Waals surface area contributed by atoms with E-state index in [-0.39, 0.29) is 28.3 Å². The number of aromatic amines is 1. The lowest BCUT2D eigenvalue weighted by Crippen LogP contribution is -2.43. The maximum atomic E-state index is 13.6. The summed E-state index contributed by atoms with van der Waals surface area (Å²) in [4.78, 5) is 43.2. The number of phenolic OH excluding ortho intramolecular Hbond substituents is 1. The lowest BCUT2D eigenvalue weighted by Gasteiger charge is -2.39. The number of rotatable bonds is 4. The Morgan fingerprint density at radius 2 is 1.82 bits per heavy atom. The molecule has 1 saturated carbocycles. The van der Waals surface area contributed by atoms with Crippen molar-refractivity contribution in [1.82, 2.24) is 19.7 Å². The molecule has 3 aromatic rings. The molecule has 2 heterocycles. The summed E-state index contributed by atoms with van der Waals surface area (Å²) in [5.41, 5.74) is 0.163. The molecule has 0 radical (unpaired) electrons. The molecule has 2 atom stereocenters. The van der Waals surface area contributed by atoms with Crippen LogP contribution < -0.4 is 16.0 Å². The fourth-order valence-corrected chi connectivity index (χ4v) is 6.79. The van der Waals surface area contributed by atoms with Gasteiger partial charge in [-0.25, -0.2) is 4.79 Å². The number of amides is 1. The van der Waals surface area contributed by atoms with Crippen LogP contribution >= 0.6 is 15.9 Å². The van der Waals surface area contributed by atoms with Crippen LogP contribution in [0.2, 0.25) is 0 Å². The molecule has 2 N–H and O–H groups in total. The minimum absolute atomic E-state index is 0.000423. The first-order valence-corrected chi connectivity index (χ1v) is 13.4. The number of halogens is 1. The van der Waals surface area contributed by atoms with Crippen molar-refractivity contribution in [3.05, 3.63) is 72.5 Å². The molecule has 10 heteroatoms. The highest BCUT2D eigenvalue weighted by atomic mass is 79.9. The Morgan fingerprint density at radius 1 is 1.13 bits per heavy atom. The molecule has 1 aromatic heterocycles. The topological polar surface area (TPSA) is 118 Å². The second-order valence-corrected chi connectivity index (χ2v) is 12.6. The summed E-state index contributed by atoms with van der Waals surface area (Å²) in [6, 6.07) is 8.29. The number of nitrogens with zero attached hydrogens (tertiary/aromatic N) is 3. The van der Waals surface area contributed by atoms with Crippen molar-refractivity contribution in [3.63, 3.8) is 0 Å². The second kappa shape index (κ2) is 9.11. The minimum Gasteiger partial charge on any atom is -0.507 e. The summed E-state index contributed by atoms with van der Waals surface area (Å²) >= 11 is 3.28. The smallest absolute Gasteiger partial charge is 0.349 e. The van der Waals surface area contributed by atoms with Crippen LogP contribution in [0.3, 0.4) is 0 Å². The number of carbonyl (C=O) groups is 1. The molecule has 1 amide bonds. The van der Waals surface area contributed by atoms with E-state index in [1.165, 1.54) is 6.07 Å². The number of phenols is 1. The van der Waals surface area contributed by atoms with Crippen molar-refractivity contribution in [1.29, 1.82) is 0 Å². The van der Waals surface area contributed by atoms with Gasteiger partial charge in [-0.05, 0) is 101 Å². The van der Waals surface area contributed by atoms with Crippen LogP contribution in [0.4, 0.5) is 0 Å². The molecule has 0 spiro atoms. The van der Waals surface area contributed by atoms with Gasteiger partial charge in [-0.3, -0.25) is 14.6 Å². The van der Waals surface area contributed by atoms with Crippen LogP contribution in [-0.2, 0) is 0 Å². The van der Waals surface area contributed by atoms with E-state index >= 15 is 0 Å². The van der Waals surface area contributed by atoms with Gasteiger partial charge in [0, 0.05) is 12.6 Å². The molecule has 2 aliphatic rings. The summed E-state index contributed by atoms with van der Waals surface area (Å²) < 4.78 is 7.61. The van der Waals surface area contributed by atoms with Gasteiger partial charge >= 0.3 is 5.69 Å². The molecule has 9 nitrogen and oxygen atoms in total. The van der Waals surface area contributed by atoms with E-state index in [0.717, 1.165) is 35.1 Å². The lowest BCUT2D eigenvalue weighted by molar-refractivity contribution is 0.0698. The average molecular weight is 583 g/mol. The van der Waals surface area contributed by atoms with E-state index in [1.807, 2.05) is 13.8 Å². The van der Waals surface area contributed by atoms with E-state index in [4.69, 9.17) is 4.74 Å². The number of aryl methyl sites for hydroxylation is 2. The highest BCUT2D eigenvalue weighted by molar-refractivity contribution is 9.10. The Hall–Kier alpha value is -3.40. The predicted molar refractivity (Wildman–Crippen MR) is 146 cm³/mol. The number of H-pyrrole nitrogens is 1. The van der Waals surface area contributed by atoms with Gasteiger partial charge in [-0.1, -0.05) is 20.8 Å². The summed E-state index contributed by atoms with van der Waals surface area (Å²) in [5.74, 6) is 0.761. The molecule has 2 bridgehead atoms. The van der Waals surface area contributed by atoms with Gasteiger partial charge in [0.1, 0.15) is 17.2 Å². The molecule has 200 valence electrons. The maximum Gasteiger partial charge on any atom is 0.349 e. The fourth-order valence-electron chi connectivity index (χ4n) is 6.43. The highest BCUT2D eigenvalue weighted by Gasteiger charge is 2.51. The third-order valence-electron chi connectivity index (χ3n) is 7.53. The molecule has 1 aliphatic carbocycles. The van der Waals surface area contributed by atoms with Crippen molar-refractivity contribution in [2.24, 2.45) is 10.8 Å². The molecular weight excluding hydrogens is 552 g/mol. The third-order valence-corrected chi connectivity index (χ3v) is 8.17. The van der Waals surface area contributed by atoms with Crippen molar-refractivity contribution in [2.45, 2.75) is 59.9 Å². The van der Waals surface area contributed by atoms with Crippen LogP contribution in [0.5, 0.6) is 17.2 Å². The van der Waals surface area contributed by atoms with Crippen molar-refractivity contribution in [3.8, 4) is 22.9 Å². The highest BCUT2D eigenvalue weighted by Crippen LogP contribution is 2.52. The summed E-state index contributed by atoms with van der Waals surface area (Å²) in [6.45, 7) is 10.9. The zero-order valence-corrected chi connectivity index (χ0v) is 23.7. The van der Waals surface area contributed by atoms with E-state index in [2.05, 4.69) is 46.8 Å². The molecular formula is C28H31BrN4O5. The standard InChI is InChI=1S/C28H31BrN4O5/c1-15-8-17(9-16(2)23(15)38-19-6-7-21(34)20(29)10-19)33-26(37)30-24(35)22(31-33)25(36)32-14-28(5)12-18(32)11-27(3,4)13-28/h6-10,18,34H,11-14H2,1-5H3,(H,30,35,37). The Balaban J connectivity index is 1.48.